The molecule has 0 saturated heterocycles. The van der Waals surface area contributed by atoms with E-state index in [0.717, 1.165) is 11.7 Å². The van der Waals surface area contributed by atoms with Gasteiger partial charge in [-0.1, -0.05) is 56.6 Å². The quantitative estimate of drug-likeness (QED) is 0.803. The predicted octanol–water partition coefficient (Wildman–Crippen LogP) is 3.20. The van der Waals surface area contributed by atoms with Crippen LogP contribution in [0.4, 0.5) is 0 Å². The zero-order chi connectivity index (χ0) is 11.4. The molecule has 0 radical (unpaired) electrons. The van der Waals surface area contributed by atoms with Gasteiger partial charge in [0.15, 0.2) is 0 Å². The molecule has 2 aromatic rings. The topological polar surface area (TPSA) is 20.2 Å². The van der Waals surface area contributed by atoms with Crippen LogP contribution in [-0.2, 0) is 6.16 Å². The Bertz CT molecular complexity index is 462. The lowest BCUT2D eigenvalue weighted by Gasteiger charge is -2.04. The van der Waals surface area contributed by atoms with Crippen molar-refractivity contribution in [3.05, 3.63) is 59.7 Å². The molecular weight excluding hydrogens is 215 g/mol. The van der Waals surface area contributed by atoms with Gasteiger partial charge in [-0.15, -0.1) is 0 Å². The molecule has 2 heteroatoms. The van der Waals surface area contributed by atoms with E-state index in [1.807, 2.05) is 18.2 Å². The molecule has 1 N–H and O–H groups in total. The van der Waals surface area contributed by atoms with Gasteiger partial charge < -0.3 is 5.11 Å². The lowest BCUT2D eigenvalue weighted by Crippen LogP contribution is -1.94. The molecule has 16 heavy (non-hydrogen) atoms. The normalized spacial score (nSPS) is 11.1. The van der Waals surface area contributed by atoms with E-state index in [2.05, 4.69) is 31.2 Å². The molecule has 0 fully saturated rings. The highest BCUT2D eigenvalue weighted by Crippen LogP contribution is 2.24. The average Bonchev–Trinajstić information content (AvgIpc) is 2.30. The molecule has 1 atom stereocenters. The minimum Gasteiger partial charge on any atom is -0.508 e. The van der Waals surface area contributed by atoms with Crippen LogP contribution in [-0.4, -0.2) is 5.11 Å². The highest BCUT2D eigenvalue weighted by molar-refractivity contribution is 7.46. The van der Waals surface area contributed by atoms with Gasteiger partial charge in [0, 0.05) is 0 Å². The van der Waals surface area contributed by atoms with E-state index in [9.17, 15) is 5.11 Å². The second kappa shape index (κ2) is 5.14. The van der Waals surface area contributed by atoms with E-state index in [4.69, 9.17) is 0 Å². The van der Waals surface area contributed by atoms with Crippen LogP contribution in [0.1, 0.15) is 11.1 Å². The molecule has 82 valence electrons. The van der Waals surface area contributed by atoms with Gasteiger partial charge in [0.25, 0.3) is 0 Å². The molecule has 1 unspecified atom stereocenters. The number of phenolic OH excluding ortho intramolecular Hbond substituents is 1. The number of hydrogen-bond acceptors (Lipinski definition) is 1. The minimum atomic E-state index is 0.405. The molecular formula is C14H15OP. The number of aromatic hydroxyl groups is 1. The Labute approximate surface area is 97.9 Å². The number of benzene rings is 2. The molecule has 0 saturated carbocycles. The number of phenols is 1. The lowest BCUT2D eigenvalue weighted by molar-refractivity contribution is 0.470. The Morgan fingerprint density at radius 1 is 1.00 bits per heavy atom. The fourth-order valence-corrected chi connectivity index (χ4v) is 2.62. The van der Waals surface area contributed by atoms with Crippen molar-refractivity contribution in [1.82, 2.24) is 0 Å². The Hall–Kier alpha value is -1.33. The van der Waals surface area contributed by atoms with Gasteiger partial charge in [0.1, 0.15) is 5.75 Å². The third-order valence-electron chi connectivity index (χ3n) is 2.53. The summed E-state index contributed by atoms with van der Waals surface area (Å²) < 4.78 is 0. The van der Waals surface area contributed by atoms with Crippen LogP contribution in [0.25, 0.3) is 0 Å². The van der Waals surface area contributed by atoms with Crippen LogP contribution < -0.4 is 5.30 Å². The second-order valence-electron chi connectivity index (χ2n) is 3.85. The van der Waals surface area contributed by atoms with E-state index < -0.39 is 0 Å². The van der Waals surface area contributed by atoms with E-state index in [1.54, 1.807) is 6.07 Å². The van der Waals surface area contributed by atoms with Crippen molar-refractivity contribution in [2.24, 2.45) is 0 Å². The van der Waals surface area contributed by atoms with Crippen LogP contribution in [0.3, 0.4) is 0 Å². The number of para-hydroxylation sites is 1. The largest absolute Gasteiger partial charge is 0.508 e. The molecule has 0 spiro atoms. The molecule has 0 amide bonds. The average molecular weight is 230 g/mol. The number of aryl methyl sites for hydroxylation is 1. The van der Waals surface area contributed by atoms with E-state index in [0.29, 0.717) is 14.3 Å². The third kappa shape index (κ3) is 2.84. The van der Waals surface area contributed by atoms with Gasteiger partial charge in [0.05, 0.1) is 0 Å². The van der Waals surface area contributed by atoms with Crippen molar-refractivity contribution in [3.63, 3.8) is 0 Å². The van der Waals surface area contributed by atoms with Crippen LogP contribution >= 0.6 is 8.58 Å². The van der Waals surface area contributed by atoms with Gasteiger partial charge in [0.2, 0.25) is 0 Å². The molecule has 0 aliphatic rings. The molecule has 0 aliphatic carbocycles. The first-order valence-corrected chi connectivity index (χ1v) is 6.54. The van der Waals surface area contributed by atoms with Crippen molar-refractivity contribution < 1.29 is 5.11 Å². The van der Waals surface area contributed by atoms with Crippen molar-refractivity contribution in [3.8, 4) is 5.75 Å². The molecule has 0 heterocycles. The van der Waals surface area contributed by atoms with Crippen molar-refractivity contribution in [2.75, 3.05) is 0 Å². The molecule has 0 bridgehead atoms. The van der Waals surface area contributed by atoms with Crippen molar-refractivity contribution in [1.29, 1.82) is 0 Å². The summed E-state index contributed by atoms with van der Waals surface area (Å²) in [6.07, 6.45) is 0.912. The Kier molecular flexibility index (Phi) is 3.58. The third-order valence-corrected chi connectivity index (χ3v) is 3.83. The summed E-state index contributed by atoms with van der Waals surface area (Å²) in [5.41, 5.74) is 2.32. The summed E-state index contributed by atoms with van der Waals surface area (Å²) in [7, 11) is 0.715. The van der Waals surface area contributed by atoms with Crippen molar-refractivity contribution in [2.45, 2.75) is 13.1 Å². The fraction of sp³-hybridized carbons (Fsp3) is 0.143. The monoisotopic (exact) mass is 230 g/mol. The van der Waals surface area contributed by atoms with Gasteiger partial charge in [-0.25, -0.2) is 0 Å². The molecule has 1 nitrogen and oxygen atoms in total. The van der Waals surface area contributed by atoms with Crippen LogP contribution in [0.5, 0.6) is 5.75 Å². The van der Waals surface area contributed by atoms with Gasteiger partial charge in [-0.3, -0.25) is 0 Å². The maximum Gasteiger partial charge on any atom is 0.119 e. The van der Waals surface area contributed by atoms with Gasteiger partial charge in [-0.2, -0.15) is 0 Å². The number of hydrogen-bond donors (Lipinski definition) is 1. The molecule has 0 aliphatic heterocycles. The molecule has 2 aromatic carbocycles. The molecule has 2 rings (SSSR count). The maximum atomic E-state index is 9.64. The Morgan fingerprint density at radius 2 is 1.69 bits per heavy atom. The maximum absolute atomic E-state index is 9.64. The Balaban J connectivity index is 2.02. The summed E-state index contributed by atoms with van der Waals surface area (Å²) in [6.45, 7) is 2.09. The predicted molar refractivity (Wildman–Crippen MR) is 70.9 cm³/mol. The summed E-state index contributed by atoms with van der Waals surface area (Å²) in [5.74, 6) is 0.405. The lowest BCUT2D eigenvalue weighted by atomic mass is 10.2. The first kappa shape index (κ1) is 11.2. The number of rotatable bonds is 3. The van der Waals surface area contributed by atoms with Crippen LogP contribution in [0.2, 0.25) is 0 Å². The summed E-state index contributed by atoms with van der Waals surface area (Å²) in [5, 5.41) is 11.0. The Morgan fingerprint density at radius 3 is 2.38 bits per heavy atom. The van der Waals surface area contributed by atoms with Crippen LogP contribution in [0.15, 0.2) is 48.5 Å². The highest BCUT2D eigenvalue weighted by Gasteiger charge is 1.99. The summed E-state index contributed by atoms with van der Waals surface area (Å²) in [6, 6.07) is 16.1. The van der Waals surface area contributed by atoms with Gasteiger partial charge in [-0.05, 0) is 30.0 Å². The molecule has 0 aromatic heterocycles. The first-order valence-electron chi connectivity index (χ1n) is 5.33. The smallest absolute Gasteiger partial charge is 0.119 e. The van der Waals surface area contributed by atoms with Crippen LogP contribution in [0, 0.1) is 6.92 Å². The second-order valence-corrected chi connectivity index (χ2v) is 5.13. The highest BCUT2D eigenvalue weighted by atomic mass is 31.1. The van der Waals surface area contributed by atoms with E-state index >= 15 is 0 Å². The fourth-order valence-electron chi connectivity index (χ4n) is 1.53. The van der Waals surface area contributed by atoms with Crippen molar-refractivity contribution >= 4 is 13.9 Å². The SMILES string of the molecule is Cc1ccc(PCc2ccccc2O)cc1. The summed E-state index contributed by atoms with van der Waals surface area (Å²) in [4.78, 5) is 0. The zero-order valence-corrected chi connectivity index (χ0v) is 10.3. The minimum absolute atomic E-state index is 0.405. The standard InChI is InChI=1S/C14H15OP/c1-11-6-8-13(9-7-11)16-10-12-4-2-3-5-14(12)15/h2-9,15-16H,10H2,1H3. The zero-order valence-electron chi connectivity index (χ0n) is 9.27. The summed E-state index contributed by atoms with van der Waals surface area (Å²) >= 11 is 0. The van der Waals surface area contributed by atoms with E-state index in [-0.39, 0.29) is 0 Å². The van der Waals surface area contributed by atoms with E-state index in [1.165, 1.54) is 10.9 Å². The van der Waals surface area contributed by atoms with Gasteiger partial charge >= 0.3 is 0 Å². The first-order chi connectivity index (χ1) is 7.75.